The van der Waals surface area contributed by atoms with Gasteiger partial charge in [-0.1, -0.05) is 19.8 Å². The Labute approximate surface area is 148 Å². The van der Waals surface area contributed by atoms with Gasteiger partial charge >= 0.3 is 0 Å². The summed E-state index contributed by atoms with van der Waals surface area (Å²) in [5.41, 5.74) is 0. The van der Waals surface area contributed by atoms with Crippen LogP contribution in [-0.4, -0.2) is 64.0 Å². The molecule has 1 aliphatic carbocycles. The molecule has 0 aromatic carbocycles. The third kappa shape index (κ3) is 6.60. The second-order valence-corrected chi connectivity index (χ2v) is 7.50. The summed E-state index contributed by atoms with van der Waals surface area (Å²) in [6, 6.07) is 0. The van der Waals surface area contributed by atoms with E-state index >= 15 is 0 Å². The van der Waals surface area contributed by atoms with Crippen LogP contribution in [0.4, 0.5) is 0 Å². The minimum atomic E-state index is 0.611. The van der Waals surface area contributed by atoms with Crippen molar-refractivity contribution in [2.24, 2.45) is 22.7 Å². The molecule has 5 nitrogen and oxygen atoms in total. The lowest BCUT2D eigenvalue weighted by Crippen LogP contribution is -2.40. The average Bonchev–Trinajstić information content (AvgIpc) is 3.04. The van der Waals surface area contributed by atoms with Gasteiger partial charge in [0.2, 0.25) is 0 Å². The molecule has 140 valence electrons. The van der Waals surface area contributed by atoms with Crippen molar-refractivity contribution in [3.63, 3.8) is 0 Å². The van der Waals surface area contributed by atoms with Crippen molar-refractivity contribution in [2.75, 3.05) is 53.1 Å². The summed E-state index contributed by atoms with van der Waals surface area (Å²) < 4.78 is 10.7. The first kappa shape index (κ1) is 19.5. The lowest BCUT2D eigenvalue weighted by atomic mass is 9.82. The Kier molecular flexibility index (Phi) is 8.89. The summed E-state index contributed by atoms with van der Waals surface area (Å²) >= 11 is 0. The van der Waals surface area contributed by atoms with Gasteiger partial charge in [0.15, 0.2) is 5.96 Å². The SMILES string of the molecule is CCNC(=NCC1CCCC(C)C1)N1CCC(COCCOC)C1. The molecule has 3 atom stereocenters. The van der Waals surface area contributed by atoms with Crippen LogP contribution in [0.25, 0.3) is 0 Å². The molecule has 0 aromatic heterocycles. The van der Waals surface area contributed by atoms with E-state index in [9.17, 15) is 0 Å². The molecule has 3 unspecified atom stereocenters. The number of hydrogen-bond donors (Lipinski definition) is 1. The third-order valence-electron chi connectivity index (χ3n) is 5.25. The van der Waals surface area contributed by atoms with Crippen LogP contribution in [0.5, 0.6) is 0 Å². The van der Waals surface area contributed by atoms with Crippen molar-refractivity contribution in [1.82, 2.24) is 10.2 Å². The summed E-state index contributed by atoms with van der Waals surface area (Å²) in [6.07, 6.45) is 6.67. The zero-order chi connectivity index (χ0) is 17.2. The molecular weight excluding hydrogens is 302 g/mol. The van der Waals surface area contributed by atoms with E-state index in [4.69, 9.17) is 14.5 Å². The maximum Gasteiger partial charge on any atom is 0.193 e. The Morgan fingerprint density at radius 3 is 2.83 bits per heavy atom. The third-order valence-corrected chi connectivity index (χ3v) is 5.25. The molecule has 2 fully saturated rings. The molecule has 0 radical (unpaired) electrons. The van der Waals surface area contributed by atoms with Crippen molar-refractivity contribution in [3.05, 3.63) is 0 Å². The number of ether oxygens (including phenoxy) is 2. The first-order chi connectivity index (χ1) is 11.7. The zero-order valence-corrected chi connectivity index (χ0v) is 15.9. The molecule has 1 N–H and O–H groups in total. The molecule has 2 rings (SSSR count). The monoisotopic (exact) mass is 339 g/mol. The van der Waals surface area contributed by atoms with Crippen LogP contribution >= 0.6 is 0 Å². The largest absolute Gasteiger partial charge is 0.382 e. The number of rotatable bonds is 8. The predicted molar refractivity (Wildman–Crippen MR) is 99.5 cm³/mol. The van der Waals surface area contributed by atoms with E-state index in [-0.39, 0.29) is 0 Å². The number of nitrogens with zero attached hydrogens (tertiary/aromatic N) is 2. The van der Waals surface area contributed by atoms with Crippen LogP contribution in [0.1, 0.15) is 46.0 Å². The first-order valence-electron chi connectivity index (χ1n) is 9.82. The zero-order valence-electron chi connectivity index (χ0n) is 15.9. The second kappa shape index (κ2) is 10.9. The van der Waals surface area contributed by atoms with Crippen LogP contribution in [-0.2, 0) is 9.47 Å². The summed E-state index contributed by atoms with van der Waals surface area (Å²) in [5, 5.41) is 3.49. The minimum Gasteiger partial charge on any atom is -0.382 e. The smallest absolute Gasteiger partial charge is 0.193 e. The lowest BCUT2D eigenvalue weighted by Gasteiger charge is -2.27. The molecule has 5 heteroatoms. The van der Waals surface area contributed by atoms with Crippen molar-refractivity contribution in [3.8, 4) is 0 Å². The molecule has 1 aliphatic heterocycles. The molecular formula is C19H37N3O2. The number of hydrogen-bond acceptors (Lipinski definition) is 3. The summed E-state index contributed by atoms with van der Waals surface area (Å²) in [7, 11) is 1.72. The fourth-order valence-electron chi connectivity index (χ4n) is 3.92. The van der Waals surface area contributed by atoms with Crippen molar-refractivity contribution in [1.29, 1.82) is 0 Å². The number of aliphatic imine (C=N–C) groups is 1. The van der Waals surface area contributed by atoms with Crippen LogP contribution in [0, 0.1) is 17.8 Å². The average molecular weight is 340 g/mol. The standard InChI is InChI=1S/C19H37N3O2/c1-4-20-19(21-13-17-7-5-6-16(2)12-17)22-9-8-18(14-22)15-24-11-10-23-3/h16-18H,4-15H2,1-3H3,(H,20,21). The second-order valence-electron chi connectivity index (χ2n) is 7.50. The molecule has 24 heavy (non-hydrogen) atoms. The highest BCUT2D eigenvalue weighted by molar-refractivity contribution is 5.80. The van der Waals surface area contributed by atoms with Gasteiger partial charge < -0.3 is 19.7 Å². The van der Waals surface area contributed by atoms with Gasteiger partial charge in [0.25, 0.3) is 0 Å². The molecule has 0 spiro atoms. The fraction of sp³-hybridized carbons (Fsp3) is 0.947. The van der Waals surface area contributed by atoms with E-state index in [1.165, 1.54) is 32.1 Å². The summed E-state index contributed by atoms with van der Waals surface area (Å²) in [5.74, 6) is 3.37. The van der Waals surface area contributed by atoms with Gasteiger partial charge in [-0.3, -0.25) is 4.99 Å². The van der Waals surface area contributed by atoms with Gasteiger partial charge in [-0.15, -0.1) is 0 Å². The number of likely N-dealkylation sites (tertiary alicyclic amines) is 1. The van der Waals surface area contributed by atoms with Crippen LogP contribution in [0.3, 0.4) is 0 Å². The lowest BCUT2D eigenvalue weighted by molar-refractivity contribution is 0.0536. The number of methoxy groups -OCH3 is 1. The van der Waals surface area contributed by atoms with Crippen LogP contribution in [0.2, 0.25) is 0 Å². The topological polar surface area (TPSA) is 46.1 Å². The molecule has 1 saturated heterocycles. The molecule has 1 heterocycles. The highest BCUT2D eigenvalue weighted by Crippen LogP contribution is 2.28. The van der Waals surface area contributed by atoms with Gasteiger partial charge in [-0.05, 0) is 38.0 Å². The number of guanidine groups is 1. The molecule has 0 amide bonds. The Hall–Kier alpha value is -0.810. The van der Waals surface area contributed by atoms with Gasteiger partial charge in [0, 0.05) is 39.2 Å². The van der Waals surface area contributed by atoms with Crippen LogP contribution in [0.15, 0.2) is 4.99 Å². The number of nitrogens with one attached hydrogen (secondary N) is 1. The summed E-state index contributed by atoms with van der Waals surface area (Å²) in [6.45, 7) is 10.8. The van der Waals surface area contributed by atoms with E-state index < -0.39 is 0 Å². The molecule has 2 aliphatic rings. The van der Waals surface area contributed by atoms with Gasteiger partial charge in [-0.2, -0.15) is 0 Å². The van der Waals surface area contributed by atoms with Crippen molar-refractivity contribution < 1.29 is 9.47 Å². The maximum absolute atomic E-state index is 5.70. The van der Waals surface area contributed by atoms with Gasteiger partial charge in [0.1, 0.15) is 0 Å². The Morgan fingerprint density at radius 2 is 2.08 bits per heavy atom. The normalized spacial score (nSPS) is 28.4. The first-order valence-corrected chi connectivity index (χ1v) is 9.82. The fourth-order valence-corrected chi connectivity index (χ4v) is 3.92. The Morgan fingerprint density at radius 1 is 1.21 bits per heavy atom. The Bertz CT molecular complexity index is 376. The minimum absolute atomic E-state index is 0.611. The molecule has 0 aromatic rings. The van der Waals surface area contributed by atoms with Crippen molar-refractivity contribution in [2.45, 2.75) is 46.0 Å². The van der Waals surface area contributed by atoms with Gasteiger partial charge in [-0.25, -0.2) is 0 Å². The quantitative estimate of drug-likeness (QED) is 0.420. The molecule has 0 bridgehead atoms. The highest BCUT2D eigenvalue weighted by atomic mass is 16.5. The maximum atomic E-state index is 5.70. The van der Waals surface area contributed by atoms with Crippen molar-refractivity contribution >= 4 is 5.96 Å². The van der Waals surface area contributed by atoms with E-state index in [2.05, 4.69) is 24.1 Å². The van der Waals surface area contributed by atoms with E-state index in [1.54, 1.807) is 7.11 Å². The van der Waals surface area contributed by atoms with E-state index in [0.717, 1.165) is 50.6 Å². The highest BCUT2D eigenvalue weighted by Gasteiger charge is 2.25. The van der Waals surface area contributed by atoms with Crippen LogP contribution < -0.4 is 5.32 Å². The van der Waals surface area contributed by atoms with E-state index in [0.29, 0.717) is 19.1 Å². The van der Waals surface area contributed by atoms with E-state index in [1.807, 2.05) is 0 Å². The predicted octanol–water partition coefficient (Wildman–Crippen LogP) is 2.76. The van der Waals surface area contributed by atoms with Gasteiger partial charge in [0.05, 0.1) is 19.8 Å². The Balaban J connectivity index is 1.78. The summed E-state index contributed by atoms with van der Waals surface area (Å²) in [4.78, 5) is 7.39. The molecule has 1 saturated carbocycles.